The SMILES string of the molecule is CCOc1cc2c(cc1-c1nccn1CCc1cnc[nH]1)CCC2. The zero-order chi connectivity index (χ0) is 16.4. The summed E-state index contributed by atoms with van der Waals surface area (Å²) < 4.78 is 8.12. The van der Waals surface area contributed by atoms with Crippen molar-refractivity contribution in [1.29, 1.82) is 0 Å². The molecule has 0 aliphatic heterocycles. The Morgan fingerprint density at radius 3 is 2.92 bits per heavy atom. The van der Waals surface area contributed by atoms with Crippen molar-refractivity contribution in [2.75, 3.05) is 6.61 Å². The molecular formula is C19H22N4O. The number of hydrogen-bond acceptors (Lipinski definition) is 3. The van der Waals surface area contributed by atoms with Gasteiger partial charge in [0.05, 0.1) is 18.5 Å². The minimum atomic E-state index is 0.667. The first kappa shape index (κ1) is 15.0. The normalized spacial score (nSPS) is 13.2. The molecule has 124 valence electrons. The second-order valence-electron chi connectivity index (χ2n) is 6.17. The lowest BCUT2D eigenvalue weighted by Crippen LogP contribution is -2.05. The Labute approximate surface area is 141 Å². The van der Waals surface area contributed by atoms with Gasteiger partial charge in [-0.2, -0.15) is 0 Å². The molecule has 2 aromatic heterocycles. The zero-order valence-corrected chi connectivity index (χ0v) is 14.0. The van der Waals surface area contributed by atoms with Crippen LogP contribution in [0.4, 0.5) is 0 Å². The molecule has 3 aromatic rings. The van der Waals surface area contributed by atoms with E-state index >= 15 is 0 Å². The maximum Gasteiger partial charge on any atom is 0.143 e. The molecular weight excluding hydrogens is 300 g/mol. The predicted octanol–water partition coefficient (Wildman–Crippen LogP) is 3.40. The van der Waals surface area contributed by atoms with Crippen molar-refractivity contribution in [2.24, 2.45) is 0 Å². The summed E-state index contributed by atoms with van der Waals surface area (Å²) in [5.74, 6) is 1.93. The standard InChI is InChI=1S/C19H22N4O/c1-2-24-18-11-15-5-3-4-14(15)10-17(18)19-21-7-9-23(19)8-6-16-12-20-13-22-16/h7,9-13H,2-6,8H2,1H3,(H,20,22). The summed E-state index contributed by atoms with van der Waals surface area (Å²) in [5, 5.41) is 0. The van der Waals surface area contributed by atoms with Crippen LogP contribution in [-0.2, 0) is 25.8 Å². The molecule has 24 heavy (non-hydrogen) atoms. The van der Waals surface area contributed by atoms with Crippen molar-refractivity contribution >= 4 is 0 Å². The molecule has 0 spiro atoms. The van der Waals surface area contributed by atoms with Gasteiger partial charge in [-0.15, -0.1) is 0 Å². The third kappa shape index (κ3) is 2.82. The Bertz CT molecular complexity index is 820. The lowest BCUT2D eigenvalue weighted by atomic mass is 10.0. The van der Waals surface area contributed by atoms with Crippen molar-refractivity contribution in [3.63, 3.8) is 0 Å². The molecule has 0 amide bonds. The second kappa shape index (κ2) is 6.51. The van der Waals surface area contributed by atoms with E-state index in [1.165, 1.54) is 17.5 Å². The molecule has 0 unspecified atom stereocenters. The second-order valence-corrected chi connectivity index (χ2v) is 6.17. The van der Waals surface area contributed by atoms with Crippen LogP contribution in [0, 0.1) is 0 Å². The van der Waals surface area contributed by atoms with Gasteiger partial charge in [-0.25, -0.2) is 9.97 Å². The lowest BCUT2D eigenvalue weighted by Gasteiger charge is -2.14. The number of fused-ring (bicyclic) bond motifs is 1. The average Bonchev–Trinajstić information content (AvgIpc) is 3.33. The van der Waals surface area contributed by atoms with E-state index in [4.69, 9.17) is 4.74 Å². The van der Waals surface area contributed by atoms with E-state index in [1.54, 1.807) is 6.33 Å². The number of aromatic nitrogens is 4. The fourth-order valence-electron chi connectivity index (χ4n) is 3.45. The van der Waals surface area contributed by atoms with Crippen LogP contribution in [0.5, 0.6) is 5.75 Å². The lowest BCUT2D eigenvalue weighted by molar-refractivity contribution is 0.341. The Hall–Kier alpha value is -2.56. The van der Waals surface area contributed by atoms with Gasteiger partial charge in [0.15, 0.2) is 0 Å². The number of imidazole rings is 2. The minimum absolute atomic E-state index is 0.667. The molecule has 2 heterocycles. The highest BCUT2D eigenvalue weighted by Gasteiger charge is 2.19. The van der Waals surface area contributed by atoms with Crippen LogP contribution in [0.1, 0.15) is 30.2 Å². The summed E-state index contributed by atoms with van der Waals surface area (Å²) in [6, 6.07) is 4.50. The molecule has 0 saturated heterocycles. The maximum absolute atomic E-state index is 5.92. The largest absolute Gasteiger partial charge is 0.493 e. The number of hydrogen-bond donors (Lipinski definition) is 1. The molecule has 1 aromatic carbocycles. The number of H-pyrrole nitrogens is 1. The number of nitrogens with one attached hydrogen (secondary N) is 1. The van der Waals surface area contributed by atoms with Crippen molar-refractivity contribution in [1.82, 2.24) is 19.5 Å². The Morgan fingerprint density at radius 2 is 2.12 bits per heavy atom. The molecule has 4 rings (SSSR count). The quantitative estimate of drug-likeness (QED) is 0.757. The first-order valence-electron chi connectivity index (χ1n) is 8.62. The van der Waals surface area contributed by atoms with Crippen LogP contribution >= 0.6 is 0 Å². The number of rotatable bonds is 6. The van der Waals surface area contributed by atoms with Crippen molar-refractivity contribution in [2.45, 2.75) is 39.2 Å². The molecule has 5 nitrogen and oxygen atoms in total. The molecule has 5 heteroatoms. The predicted molar refractivity (Wildman–Crippen MR) is 93.1 cm³/mol. The topological polar surface area (TPSA) is 55.7 Å². The van der Waals surface area contributed by atoms with Crippen molar-refractivity contribution in [3.05, 3.63) is 53.9 Å². The molecule has 1 aliphatic carbocycles. The number of aromatic amines is 1. The smallest absolute Gasteiger partial charge is 0.143 e. The third-order valence-electron chi connectivity index (χ3n) is 4.63. The van der Waals surface area contributed by atoms with Gasteiger partial charge in [-0.05, 0) is 49.4 Å². The summed E-state index contributed by atoms with van der Waals surface area (Å²) in [5.41, 5.74) is 5.11. The zero-order valence-electron chi connectivity index (χ0n) is 14.0. The summed E-state index contributed by atoms with van der Waals surface area (Å²) >= 11 is 0. The summed E-state index contributed by atoms with van der Waals surface area (Å²) in [4.78, 5) is 11.8. The number of benzene rings is 1. The average molecular weight is 322 g/mol. The van der Waals surface area contributed by atoms with Gasteiger partial charge in [0.1, 0.15) is 11.6 Å². The number of aryl methyl sites for hydroxylation is 4. The van der Waals surface area contributed by atoms with E-state index in [9.17, 15) is 0 Å². The van der Waals surface area contributed by atoms with Crippen LogP contribution in [0.15, 0.2) is 37.1 Å². The summed E-state index contributed by atoms with van der Waals surface area (Å²) in [7, 11) is 0. The van der Waals surface area contributed by atoms with E-state index in [0.717, 1.165) is 48.6 Å². The van der Waals surface area contributed by atoms with E-state index in [0.29, 0.717) is 6.61 Å². The monoisotopic (exact) mass is 322 g/mol. The molecule has 1 aliphatic rings. The van der Waals surface area contributed by atoms with Crippen LogP contribution in [0.25, 0.3) is 11.4 Å². The molecule has 0 saturated carbocycles. The first-order valence-corrected chi connectivity index (χ1v) is 8.62. The van der Waals surface area contributed by atoms with Gasteiger partial charge in [0.2, 0.25) is 0 Å². The van der Waals surface area contributed by atoms with Gasteiger partial charge in [0, 0.05) is 37.3 Å². The minimum Gasteiger partial charge on any atom is -0.493 e. The number of ether oxygens (including phenoxy) is 1. The third-order valence-corrected chi connectivity index (χ3v) is 4.63. The molecule has 1 N–H and O–H groups in total. The highest BCUT2D eigenvalue weighted by molar-refractivity contribution is 5.67. The van der Waals surface area contributed by atoms with Gasteiger partial charge in [-0.3, -0.25) is 0 Å². The Kier molecular flexibility index (Phi) is 4.07. The fourth-order valence-corrected chi connectivity index (χ4v) is 3.45. The van der Waals surface area contributed by atoms with E-state index in [-0.39, 0.29) is 0 Å². The van der Waals surface area contributed by atoms with E-state index in [2.05, 4.69) is 31.7 Å². The molecule has 0 bridgehead atoms. The Balaban J connectivity index is 1.67. The van der Waals surface area contributed by atoms with Crippen molar-refractivity contribution < 1.29 is 4.74 Å². The van der Waals surface area contributed by atoms with Gasteiger partial charge in [0.25, 0.3) is 0 Å². The molecule has 0 atom stereocenters. The molecule has 0 fully saturated rings. The van der Waals surface area contributed by atoms with E-state index < -0.39 is 0 Å². The highest BCUT2D eigenvalue weighted by atomic mass is 16.5. The summed E-state index contributed by atoms with van der Waals surface area (Å²) in [6.07, 6.45) is 11.9. The van der Waals surface area contributed by atoms with Gasteiger partial charge in [-0.1, -0.05) is 0 Å². The van der Waals surface area contributed by atoms with Gasteiger partial charge >= 0.3 is 0 Å². The molecule has 0 radical (unpaired) electrons. The van der Waals surface area contributed by atoms with Gasteiger partial charge < -0.3 is 14.3 Å². The summed E-state index contributed by atoms with van der Waals surface area (Å²) in [6.45, 7) is 3.56. The number of nitrogens with zero attached hydrogens (tertiary/aromatic N) is 3. The van der Waals surface area contributed by atoms with Crippen LogP contribution in [0.3, 0.4) is 0 Å². The van der Waals surface area contributed by atoms with E-state index in [1.807, 2.05) is 25.5 Å². The maximum atomic E-state index is 5.92. The van der Waals surface area contributed by atoms with Crippen LogP contribution in [0.2, 0.25) is 0 Å². The fraction of sp³-hybridized carbons (Fsp3) is 0.368. The van der Waals surface area contributed by atoms with Crippen molar-refractivity contribution in [3.8, 4) is 17.1 Å². The van der Waals surface area contributed by atoms with Crippen LogP contribution in [-0.4, -0.2) is 26.1 Å². The Morgan fingerprint density at radius 1 is 1.25 bits per heavy atom. The first-order chi connectivity index (χ1) is 11.8. The highest BCUT2D eigenvalue weighted by Crippen LogP contribution is 2.35. The van der Waals surface area contributed by atoms with Crippen LogP contribution < -0.4 is 4.74 Å².